The van der Waals surface area contributed by atoms with Crippen LogP contribution in [0.15, 0.2) is 33.9 Å². The summed E-state index contributed by atoms with van der Waals surface area (Å²) in [5.41, 5.74) is 3.49. The molecule has 1 unspecified atom stereocenters. The SMILES string of the molecule is CCOC(Cc1c#cc(Cl)cc1)Cn1c2nc(=O)[nH]c(=O)c-2nc2cc(CC)c(C)cc21. The fraction of sp³-hybridized carbons (Fsp3) is 0.333. The normalized spacial score (nSPS) is 12.2. The Kier molecular flexibility index (Phi) is 6.26. The molecule has 1 N–H and O–H groups in total. The zero-order valence-electron chi connectivity index (χ0n) is 18.2. The summed E-state index contributed by atoms with van der Waals surface area (Å²) in [5.74, 6) is 0.242. The summed E-state index contributed by atoms with van der Waals surface area (Å²) >= 11 is 5.94. The molecule has 0 saturated heterocycles. The molecule has 32 heavy (non-hydrogen) atoms. The van der Waals surface area contributed by atoms with E-state index in [0.717, 1.165) is 28.6 Å². The Labute approximate surface area is 190 Å². The van der Waals surface area contributed by atoms with Crippen molar-refractivity contribution >= 4 is 22.6 Å². The maximum Gasteiger partial charge on any atom is 0.349 e. The van der Waals surface area contributed by atoms with Gasteiger partial charge in [-0.05, 0) is 61.7 Å². The maximum absolute atomic E-state index is 12.5. The number of H-pyrrole nitrogens is 1. The van der Waals surface area contributed by atoms with Gasteiger partial charge in [-0.25, -0.2) is 9.78 Å². The van der Waals surface area contributed by atoms with Gasteiger partial charge in [-0.3, -0.25) is 9.78 Å². The molecule has 0 aliphatic carbocycles. The summed E-state index contributed by atoms with van der Waals surface area (Å²) in [7, 11) is 0. The largest absolute Gasteiger partial charge is 0.376 e. The molecule has 0 bridgehead atoms. The van der Waals surface area contributed by atoms with E-state index >= 15 is 0 Å². The molecule has 4 rings (SSSR count). The number of nitrogens with zero attached hydrogens (tertiary/aromatic N) is 3. The zero-order chi connectivity index (χ0) is 22.8. The Morgan fingerprint density at radius 1 is 1.19 bits per heavy atom. The van der Waals surface area contributed by atoms with Crippen molar-refractivity contribution in [3.05, 3.63) is 78.9 Å². The molecule has 164 valence electrons. The van der Waals surface area contributed by atoms with Crippen LogP contribution in [0.2, 0.25) is 5.02 Å². The van der Waals surface area contributed by atoms with Gasteiger partial charge in [0.15, 0.2) is 11.5 Å². The Balaban J connectivity index is 1.88. The molecule has 0 saturated carbocycles. The molecule has 0 amide bonds. The Morgan fingerprint density at radius 2 is 2.00 bits per heavy atom. The fourth-order valence-electron chi connectivity index (χ4n) is 3.93. The third kappa shape index (κ3) is 4.38. The van der Waals surface area contributed by atoms with Crippen molar-refractivity contribution in [3.63, 3.8) is 0 Å². The van der Waals surface area contributed by atoms with Gasteiger partial charge in [0, 0.05) is 18.6 Å². The summed E-state index contributed by atoms with van der Waals surface area (Å²) in [6.45, 7) is 6.92. The number of hydrogen-bond donors (Lipinski definition) is 1. The lowest BCUT2D eigenvalue weighted by atomic mass is 10.0. The summed E-state index contributed by atoms with van der Waals surface area (Å²) in [6, 6.07) is 13.6. The Bertz CT molecular complexity index is 1340. The molecular formula is C24H23ClN4O3. The number of nitrogens with one attached hydrogen (secondary N) is 1. The highest BCUT2D eigenvalue weighted by molar-refractivity contribution is 6.30. The second-order valence-electron chi connectivity index (χ2n) is 7.62. The molecule has 2 aromatic rings. The highest BCUT2D eigenvalue weighted by Gasteiger charge is 2.22. The molecule has 2 aliphatic heterocycles. The van der Waals surface area contributed by atoms with Crippen LogP contribution in [-0.2, 0) is 24.1 Å². The second-order valence-corrected chi connectivity index (χ2v) is 8.03. The first-order valence-electron chi connectivity index (χ1n) is 10.5. The van der Waals surface area contributed by atoms with Crippen LogP contribution in [0.1, 0.15) is 30.5 Å². The van der Waals surface area contributed by atoms with Crippen LogP contribution in [-0.4, -0.2) is 32.2 Å². The summed E-state index contributed by atoms with van der Waals surface area (Å²) in [5, 5.41) is 0.496. The van der Waals surface area contributed by atoms with E-state index in [2.05, 4.69) is 34.0 Å². The first kappa shape index (κ1) is 22.0. The average molecular weight is 451 g/mol. The molecule has 2 aliphatic rings. The molecule has 2 aromatic carbocycles. The van der Waals surface area contributed by atoms with Crippen LogP contribution in [0.5, 0.6) is 0 Å². The van der Waals surface area contributed by atoms with Crippen molar-refractivity contribution < 1.29 is 4.74 Å². The van der Waals surface area contributed by atoms with Gasteiger partial charge in [-0.1, -0.05) is 24.6 Å². The quantitative estimate of drug-likeness (QED) is 0.436. The van der Waals surface area contributed by atoms with Gasteiger partial charge in [0.25, 0.3) is 5.56 Å². The molecule has 8 heteroatoms. The minimum absolute atomic E-state index is 0.129. The van der Waals surface area contributed by atoms with Gasteiger partial charge >= 0.3 is 5.69 Å². The van der Waals surface area contributed by atoms with Crippen molar-refractivity contribution in [3.8, 4) is 11.5 Å². The van der Waals surface area contributed by atoms with Gasteiger partial charge in [0.1, 0.15) is 0 Å². The van der Waals surface area contributed by atoms with Crippen molar-refractivity contribution in [2.24, 2.45) is 0 Å². The zero-order valence-corrected chi connectivity index (χ0v) is 18.9. The molecular weight excluding hydrogens is 428 g/mol. The highest BCUT2D eigenvalue weighted by atomic mass is 35.5. The van der Waals surface area contributed by atoms with Gasteiger partial charge in [-0.2, -0.15) is 4.98 Å². The number of ether oxygens (including phenoxy) is 1. The maximum atomic E-state index is 12.5. The monoisotopic (exact) mass is 450 g/mol. The third-order valence-corrected chi connectivity index (χ3v) is 5.68. The van der Waals surface area contributed by atoms with E-state index in [1.54, 1.807) is 6.07 Å². The molecule has 0 fully saturated rings. The van der Waals surface area contributed by atoms with Crippen molar-refractivity contribution in [1.82, 2.24) is 19.5 Å². The van der Waals surface area contributed by atoms with Crippen LogP contribution in [0.25, 0.3) is 22.6 Å². The first-order valence-corrected chi connectivity index (χ1v) is 10.9. The lowest BCUT2D eigenvalue weighted by molar-refractivity contribution is 0.0517. The number of fused-ring (bicyclic) bond motifs is 2. The number of benzene rings is 1. The predicted octanol–water partition coefficient (Wildman–Crippen LogP) is 3.36. The van der Waals surface area contributed by atoms with Crippen molar-refractivity contribution in [1.29, 1.82) is 0 Å². The van der Waals surface area contributed by atoms with Gasteiger partial charge < -0.3 is 9.30 Å². The van der Waals surface area contributed by atoms with E-state index in [1.807, 2.05) is 36.6 Å². The summed E-state index contributed by atoms with van der Waals surface area (Å²) in [6.07, 6.45) is 1.14. The Hall–Kier alpha value is -3.21. The third-order valence-electron chi connectivity index (χ3n) is 5.46. The second kappa shape index (κ2) is 9.11. The van der Waals surface area contributed by atoms with Crippen LogP contribution in [0.4, 0.5) is 0 Å². The summed E-state index contributed by atoms with van der Waals surface area (Å²) in [4.78, 5) is 35.4. The number of halogens is 1. The molecule has 0 aromatic heterocycles. The topological polar surface area (TPSA) is 89.9 Å². The van der Waals surface area contributed by atoms with Crippen LogP contribution in [0.3, 0.4) is 0 Å². The van der Waals surface area contributed by atoms with Crippen LogP contribution < -0.4 is 11.2 Å². The highest BCUT2D eigenvalue weighted by Crippen LogP contribution is 2.25. The number of hydrogen-bond acceptors (Lipinski definition) is 5. The number of aromatic amines is 1. The van der Waals surface area contributed by atoms with Crippen molar-refractivity contribution in [2.75, 3.05) is 6.61 Å². The van der Waals surface area contributed by atoms with Crippen LogP contribution in [0, 0.1) is 19.1 Å². The standard InChI is InChI=1S/C24H23ClN4O3/c1-4-16-12-19-20(10-14(16)3)29(22-21(26-19)23(30)28-24(31)27-22)13-18(32-5-2)11-15-6-8-17(25)9-7-15/h6,8,10,12,18H,4-5,11,13H2,1-3H3,(H,28,30,31). The van der Waals surface area contributed by atoms with E-state index in [0.29, 0.717) is 30.1 Å². The van der Waals surface area contributed by atoms with E-state index in [1.165, 1.54) is 0 Å². The van der Waals surface area contributed by atoms with Gasteiger partial charge in [0.2, 0.25) is 0 Å². The minimum Gasteiger partial charge on any atom is -0.376 e. The van der Waals surface area contributed by atoms with E-state index in [4.69, 9.17) is 16.3 Å². The number of rotatable bonds is 7. The smallest absolute Gasteiger partial charge is 0.349 e. The van der Waals surface area contributed by atoms with Gasteiger partial charge in [-0.15, -0.1) is 0 Å². The molecule has 7 nitrogen and oxygen atoms in total. The van der Waals surface area contributed by atoms with E-state index in [-0.39, 0.29) is 17.6 Å². The van der Waals surface area contributed by atoms with E-state index < -0.39 is 11.2 Å². The fourth-order valence-corrected chi connectivity index (χ4v) is 4.04. The number of aryl methyl sites for hydroxylation is 2. The van der Waals surface area contributed by atoms with Gasteiger partial charge in [0.05, 0.1) is 28.7 Å². The first-order chi connectivity index (χ1) is 15.4. The molecule has 1 atom stereocenters. The predicted molar refractivity (Wildman–Crippen MR) is 123 cm³/mol. The lowest BCUT2D eigenvalue weighted by Crippen LogP contribution is -2.31. The van der Waals surface area contributed by atoms with Crippen molar-refractivity contribution in [2.45, 2.75) is 46.3 Å². The minimum atomic E-state index is -0.701. The summed E-state index contributed by atoms with van der Waals surface area (Å²) < 4.78 is 7.88. The van der Waals surface area contributed by atoms with Crippen LogP contribution >= 0.6 is 11.6 Å². The number of aromatic nitrogens is 4. The molecule has 0 spiro atoms. The van der Waals surface area contributed by atoms with E-state index in [9.17, 15) is 9.59 Å². The molecule has 2 heterocycles. The Morgan fingerprint density at radius 3 is 2.69 bits per heavy atom. The lowest BCUT2D eigenvalue weighted by Gasteiger charge is -2.23. The molecule has 0 radical (unpaired) electrons. The average Bonchev–Trinajstić information content (AvgIpc) is 2.76.